The number of halogens is 3. The molecular weight excluding hydrogens is 471 g/mol. The lowest BCUT2D eigenvalue weighted by Gasteiger charge is -2.25. The molecule has 0 amide bonds. The number of carboxylic acids is 1. The van der Waals surface area contributed by atoms with Crippen molar-refractivity contribution < 1.29 is 27.9 Å². The summed E-state index contributed by atoms with van der Waals surface area (Å²) in [6.07, 6.45) is 3.02. The molecule has 0 atom stereocenters. The fourth-order valence-corrected chi connectivity index (χ4v) is 4.58. The van der Waals surface area contributed by atoms with Gasteiger partial charge in [0, 0.05) is 37.1 Å². The average Bonchev–Trinajstić information content (AvgIpc) is 2.86. The molecule has 1 aromatic heterocycles. The number of nitrogens with zero attached hydrogens (tertiary/aromatic N) is 2. The van der Waals surface area contributed by atoms with Crippen molar-refractivity contribution in [2.24, 2.45) is 5.16 Å². The van der Waals surface area contributed by atoms with Gasteiger partial charge in [0.15, 0.2) is 0 Å². The van der Waals surface area contributed by atoms with Crippen LogP contribution in [0.3, 0.4) is 0 Å². The zero-order valence-electron chi connectivity index (χ0n) is 20.6. The van der Waals surface area contributed by atoms with Crippen LogP contribution in [0.25, 0.3) is 0 Å². The number of aromatic nitrogens is 1. The Bertz CT molecular complexity index is 1030. The summed E-state index contributed by atoms with van der Waals surface area (Å²) in [5.41, 5.74) is 3.00. The third-order valence-electron chi connectivity index (χ3n) is 6.44. The lowest BCUT2D eigenvalue weighted by Crippen LogP contribution is -2.19. The topological polar surface area (TPSA) is 83.8 Å². The van der Waals surface area contributed by atoms with Crippen LogP contribution in [-0.2, 0) is 41.8 Å². The van der Waals surface area contributed by atoms with Crippen LogP contribution in [0.15, 0.2) is 35.5 Å². The molecule has 1 saturated carbocycles. The summed E-state index contributed by atoms with van der Waals surface area (Å²) in [5, 5.41) is 15.7. The van der Waals surface area contributed by atoms with E-state index in [2.05, 4.69) is 15.5 Å². The Hall–Kier alpha value is -2.94. The molecule has 1 fully saturated rings. The van der Waals surface area contributed by atoms with Gasteiger partial charge in [-0.3, -0.25) is 9.78 Å². The molecule has 0 radical (unpaired) electrons. The fourth-order valence-electron chi connectivity index (χ4n) is 4.58. The summed E-state index contributed by atoms with van der Waals surface area (Å²) in [6.45, 7) is 2.89. The lowest BCUT2D eigenvalue weighted by molar-refractivity contribution is -0.139. The van der Waals surface area contributed by atoms with Gasteiger partial charge in [0.1, 0.15) is 6.61 Å². The van der Waals surface area contributed by atoms with Crippen LogP contribution in [0, 0.1) is 0 Å². The maximum Gasteiger partial charge on any atom is 0.416 e. The van der Waals surface area contributed by atoms with E-state index in [1.807, 2.05) is 19.1 Å². The van der Waals surface area contributed by atoms with E-state index in [4.69, 9.17) is 9.94 Å². The van der Waals surface area contributed by atoms with Crippen LogP contribution in [-0.4, -0.2) is 28.8 Å². The number of aryl methyl sites for hydroxylation is 1. The van der Waals surface area contributed by atoms with Gasteiger partial charge in [-0.05, 0) is 54.0 Å². The molecule has 0 spiro atoms. The van der Waals surface area contributed by atoms with Crippen LogP contribution in [0.4, 0.5) is 13.2 Å². The Morgan fingerprint density at radius 1 is 1.22 bits per heavy atom. The van der Waals surface area contributed by atoms with Crippen molar-refractivity contribution in [2.75, 3.05) is 6.54 Å². The molecule has 1 heterocycles. The predicted octanol–water partition coefficient (Wildman–Crippen LogP) is 6.02. The van der Waals surface area contributed by atoms with Gasteiger partial charge in [0.2, 0.25) is 0 Å². The first kappa shape index (κ1) is 27.6. The summed E-state index contributed by atoms with van der Waals surface area (Å²) in [4.78, 5) is 20.5. The highest BCUT2D eigenvalue weighted by Crippen LogP contribution is 2.41. The normalized spacial score (nSPS) is 14.9. The minimum Gasteiger partial charge on any atom is -0.481 e. The number of hydrogen-bond donors (Lipinski definition) is 2. The quantitative estimate of drug-likeness (QED) is 0.209. The Balaban J connectivity index is 1.54. The molecule has 196 valence electrons. The Morgan fingerprint density at radius 2 is 2.00 bits per heavy atom. The van der Waals surface area contributed by atoms with Crippen LogP contribution < -0.4 is 5.32 Å². The van der Waals surface area contributed by atoms with E-state index < -0.39 is 17.7 Å². The van der Waals surface area contributed by atoms with E-state index in [1.165, 1.54) is 6.07 Å². The Morgan fingerprint density at radius 3 is 2.69 bits per heavy atom. The van der Waals surface area contributed by atoms with E-state index in [1.54, 1.807) is 18.3 Å². The van der Waals surface area contributed by atoms with Crippen molar-refractivity contribution in [1.82, 2.24) is 10.3 Å². The first-order valence-corrected chi connectivity index (χ1v) is 12.5. The highest BCUT2D eigenvalue weighted by molar-refractivity contribution is 5.66. The predicted molar refractivity (Wildman–Crippen MR) is 132 cm³/mol. The first-order chi connectivity index (χ1) is 17.3. The van der Waals surface area contributed by atoms with Gasteiger partial charge in [0.25, 0.3) is 0 Å². The van der Waals surface area contributed by atoms with Crippen LogP contribution in [0.2, 0.25) is 0 Å². The van der Waals surface area contributed by atoms with Gasteiger partial charge in [-0.25, -0.2) is 0 Å². The van der Waals surface area contributed by atoms with Crippen LogP contribution in [0.1, 0.15) is 85.0 Å². The number of benzene rings is 1. The monoisotopic (exact) mass is 505 g/mol. The second kappa shape index (κ2) is 13.4. The Kier molecular flexibility index (Phi) is 10.3. The summed E-state index contributed by atoms with van der Waals surface area (Å²) in [5.74, 6) is -0.874. The first-order valence-electron chi connectivity index (χ1n) is 12.5. The number of rotatable bonds is 12. The highest BCUT2D eigenvalue weighted by atomic mass is 19.4. The molecule has 1 aliphatic carbocycles. The number of alkyl halides is 3. The molecule has 2 N–H and O–H groups in total. The third kappa shape index (κ3) is 8.33. The lowest BCUT2D eigenvalue weighted by atomic mass is 9.81. The van der Waals surface area contributed by atoms with E-state index >= 15 is 0 Å². The minimum atomic E-state index is -4.40. The zero-order valence-corrected chi connectivity index (χ0v) is 20.6. The molecule has 0 bridgehead atoms. The maximum absolute atomic E-state index is 13.7. The minimum absolute atomic E-state index is 0.0317. The number of carboxylic acid groups (broad SMARTS) is 1. The SMILES string of the molecule is CCc1nc(CC=NOCc2ccc(C3CCCCC3)c(C(F)(F)F)c2)ccc1CNCCC(=O)O. The van der Waals surface area contributed by atoms with Gasteiger partial charge in [-0.15, -0.1) is 0 Å². The van der Waals surface area contributed by atoms with Gasteiger partial charge >= 0.3 is 12.1 Å². The van der Waals surface area contributed by atoms with Gasteiger partial charge in [0.05, 0.1) is 12.0 Å². The molecule has 0 aliphatic heterocycles. The number of hydrogen-bond acceptors (Lipinski definition) is 5. The van der Waals surface area contributed by atoms with Crippen molar-refractivity contribution in [2.45, 2.75) is 83.5 Å². The third-order valence-corrected chi connectivity index (χ3v) is 6.44. The molecule has 9 heteroatoms. The molecule has 0 unspecified atom stereocenters. The van der Waals surface area contributed by atoms with E-state index in [-0.39, 0.29) is 18.9 Å². The molecular formula is C27H34F3N3O3. The van der Waals surface area contributed by atoms with E-state index in [9.17, 15) is 18.0 Å². The standard InChI is InChI=1S/C27H34F3N3O3/c1-2-25-21(17-31-14-13-26(34)35)9-10-22(33-25)12-15-32-36-18-19-8-11-23(20-6-4-3-5-7-20)24(16-19)27(28,29)30/h8-11,15-16,20,31H,2-7,12-14,17-18H2,1H3,(H,34,35). The number of pyridine rings is 1. The summed E-state index contributed by atoms with van der Waals surface area (Å²) >= 11 is 0. The molecule has 1 aromatic carbocycles. The van der Waals surface area contributed by atoms with Gasteiger partial charge in [-0.1, -0.05) is 49.5 Å². The highest BCUT2D eigenvalue weighted by Gasteiger charge is 2.35. The van der Waals surface area contributed by atoms with Crippen molar-refractivity contribution in [3.05, 3.63) is 64.0 Å². The fraction of sp³-hybridized carbons (Fsp3) is 0.519. The van der Waals surface area contributed by atoms with Gasteiger partial charge in [-0.2, -0.15) is 13.2 Å². The molecule has 36 heavy (non-hydrogen) atoms. The molecule has 0 saturated heterocycles. The van der Waals surface area contributed by atoms with Crippen molar-refractivity contribution in [3.8, 4) is 0 Å². The zero-order chi connectivity index (χ0) is 26.0. The second-order valence-corrected chi connectivity index (χ2v) is 9.10. The van der Waals surface area contributed by atoms with Crippen LogP contribution in [0.5, 0.6) is 0 Å². The van der Waals surface area contributed by atoms with E-state index in [0.29, 0.717) is 30.6 Å². The van der Waals surface area contributed by atoms with Crippen molar-refractivity contribution >= 4 is 12.2 Å². The molecule has 6 nitrogen and oxygen atoms in total. The number of aliphatic carboxylic acids is 1. The summed E-state index contributed by atoms with van der Waals surface area (Å²) < 4.78 is 41.2. The molecule has 1 aliphatic rings. The summed E-state index contributed by atoms with van der Waals surface area (Å²) in [6, 6.07) is 8.33. The average molecular weight is 506 g/mol. The molecule has 2 aromatic rings. The van der Waals surface area contributed by atoms with Crippen molar-refractivity contribution in [1.29, 1.82) is 0 Å². The molecule has 3 rings (SSSR count). The maximum atomic E-state index is 13.7. The van der Waals surface area contributed by atoms with Gasteiger partial charge < -0.3 is 15.3 Å². The number of carbonyl (C=O) groups is 1. The van der Waals surface area contributed by atoms with E-state index in [0.717, 1.165) is 55.5 Å². The summed E-state index contributed by atoms with van der Waals surface area (Å²) in [7, 11) is 0. The number of nitrogens with one attached hydrogen (secondary N) is 1. The smallest absolute Gasteiger partial charge is 0.416 e. The largest absolute Gasteiger partial charge is 0.481 e. The second-order valence-electron chi connectivity index (χ2n) is 9.10. The van der Waals surface area contributed by atoms with Crippen LogP contribution >= 0.6 is 0 Å². The van der Waals surface area contributed by atoms with Crippen molar-refractivity contribution in [3.63, 3.8) is 0 Å². The Labute approximate surface area is 210 Å². The number of oxime groups is 1.